The molecule has 2 fully saturated rings. The number of halogens is 4. The largest absolute Gasteiger partial charge is 0.416 e. The van der Waals surface area contributed by atoms with Gasteiger partial charge < -0.3 is 10.2 Å². The van der Waals surface area contributed by atoms with Crippen LogP contribution in [0.25, 0.3) is 0 Å². The van der Waals surface area contributed by atoms with Gasteiger partial charge in [0, 0.05) is 18.0 Å². The average molecular weight is 463 g/mol. The SMILES string of the molecule is CC1(C(=O)NCc2cc(F)cc(C(F)(F)F)c2)CCC(N2CCC(c3ccccc3)CC2)C1. The van der Waals surface area contributed by atoms with Gasteiger partial charge in [-0.1, -0.05) is 37.3 Å². The summed E-state index contributed by atoms with van der Waals surface area (Å²) in [6.07, 6.45) is -0.0303. The van der Waals surface area contributed by atoms with Gasteiger partial charge in [-0.15, -0.1) is 0 Å². The fourth-order valence-corrected chi connectivity index (χ4v) is 5.36. The molecule has 4 rings (SSSR count). The van der Waals surface area contributed by atoms with Crippen LogP contribution < -0.4 is 5.32 Å². The van der Waals surface area contributed by atoms with E-state index in [1.807, 2.05) is 13.0 Å². The zero-order valence-electron chi connectivity index (χ0n) is 18.8. The highest BCUT2D eigenvalue weighted by Crippen LogP contribution is 2.42. The van der Waals surface area contributed by atoms with Crippen LogP contribution >= 0.6 is 0 Å². The lowest BCUT2D eigenvalue weighted by molar-refractivity contribution is -0.137. The summed E-state index contributed by atoms with van der Waals surface area (Å²) in [6.45, 7) is 3.81. The van der Waals surface area contributed by atoms with Crippen LogP contribution in [0.3, 0.4) is 0 Å². The molecule has 1 aliphatic carbocycles. The van der Waals surface area contributed by atoms with Crippen molar-refractivity contribution in [2.24, 2.45) is 5.41 Å². The number of rotatable bonds is 5. The predicted molar refractivity (Wildman–Crippen MR) is 119 cm³/mol. The second-order valence-electron chi connectivity index (χ2n) is 9.71. The summed E-state index contributed by atoms with van der Waals surface area (Å²) in [5.41, 5.74) is -0.116. The normalized spacial score (nSPS) is 24.7. The number of carbonyl (C=O) groups excluding carboxylic acids is 1. The summed E-state index contributed by atoms with van der Waals surface area (Å²) in [6, 6.07) is 13.3. The Kier molecular flexibility index (Phi) is 6.80. The van der Waals surface area contributed by atoms with E-state index in [2.05, 4.69) is 34.5 Å². The summed E-state index contributed by atoms with van der Waals surface area (Å²) in [7, 11) is 0. The molecule has 3 nitrogen and oxygen atoms in total. The van der Waals surface area contributed by atoms with Crippen LogP contribution in [0.4, 0.5) is 17.6 Å². The van der Waals surface area contributed by atoms with E-state index in [0.29, 0.717) is 18.0 Å². The van der Waals surface area contributed by atoms with Crippen LogP contribution in [0.5, 0.6) is 0 Å². The number of hydrogen-bond donors (Lipinski definition) is 1. The first-order chi connectivity index (χ1) is 15.6. The van der Waals surface area contributed by atoms with Gasteiger partial charge >= 0.3 is 6.18 Å². The molecule has 0 spiro atoms. The van der Waals surface area contributed by atoms with Gasteiger partial charge in [0.1, 0.15) is 5.82 Å². The Labute approximate surface area is 192 Å². The second kappa shape index (κ2) is 9.45. The number of hydrogen-bond acceptors (Lipinski definition) is 2. The molecule has 7 heteroatoms. The second-order valence-corrected chi connectivity index (χ2v) is 9.71. The third-order valence-electron chi connectivity index (χ3n) is 7.32. The molecule has 2 unspecified atom stereocenters. The van der Waals surface area contributed by atoms with E-state index in [1.54, 1.807) is 0 Å². The third kappa shape index (κ3) is 5.57. The lowest BCUT2D eigenvalue weighted by atomic mass is 9.86. The molecule has 1 saturated heterocycles. The highest BCUT2D eigenvalue weighted by molar-refractivity contribution is 5.82. The number of likely N-dealkylation sites (tertiary alicyclic amines) is 1. The minimum Gasteiger partial charge on any atom is -0.352 e. The first kappa shape index (κ1) is 23.7. The molecule has 1 aliphatic heterocycles. The summed E-state index contributed by atoms with van der Waals surface area (Å²) >= 11 is 0. The summed E-state index contributed by atoms with van der Waals surface area (Å²) in [5, 5.41) is 2.75. The molecular formula is C26H30F4N2O. The van der Waals surface area contributed by atoms with Gasteiger partial charge in [-0.3, -0.25) is 4.79 Å². The molecule has 33 heavy (non-hydrogen) atoms. The Morgan fingerprint density at radius 3 is 2.45 bits per heavy atom. The van der Waals surface area contributed by atoms with Crippen LogP contribution in [0, 0.1) is 11.2 Å². The van der Waals surface area contributed by atoms with Crippen molar-refractivity contribution < 1.29 is 22.4 Å². The minimum atomic E-state index is -4.63. The van der Waals surface area contributed by atoms with Crippen molar-refractivity contribution >= 4 is 5.91 Å². The molecule has 2 aliphatic rings. The summed E-state index contributed by atoms with van der Waals surface area (Å²) in [5.74, 6) is -0.562. The molecule has 0 aromatic heterocycles. The van der Waals surface area contributed by atoms with Gasteiger partial charge in [0.25, 0.3) is 0 Å². The Hall–Kier alpha value is -2.41. The fourth-order valence-electron chi connectivity index (χ4n) is 5.36. The first-order valence-electron chi connectivity index (χ1n) is 11.6. The standard InChI is InChI=1S/C26H30F4N2O/c1-25(24(33)31-17-18-13-21(26(28,29)30)15-22(27)14-18)10-7-23(16-25)32-11-8-20(9-12-32)19-5-3-2-4-6-19/h2-6,13-15,20,23H,7-12,16-17H2,1H3,(H,31,33). The van der Waals surface area contributed by atoms with Crippen LogP contribution in [0.2, 0.25) is 0 Å². The maximum Gasteiger partial charge on any atom is 0.416 e. The van der Waals surface area contributed by atoms with Crippen molar-refractivity contribution in [1.82, 2.24) is 10.2 Å². The van der Waals surface area contributed by atoms with E-state index in [0.717, 1.165) is 57.3 Å². The quantitative estimate of drug-likeness (QED) is 0.561. The number of nitrogens with zero attached hydrogens (tertiary/aromatic N) is 1. The van der Waals surface area contributed by atoms with Crippen molar-refractivity contribution in [3.8, 4) is 0 Å². The monoisotopic (exact) mass is 462 g/mol. The molecule has 0 bridgehead atoms. The molecule has 1 amide bonds. The average Bonchev–Trinajstić information content (AvgIpc) is 3.21. The molecule has 2 aromatic rings. The van der Waals surface area contributed by atoms with Crippen molar-refractivity contribution in [2.75, 3.05) is 13.1 Å². The van der Waals surface area contributed by atoms with Crippen molar-refractivity contribution in [2.45, 2.75) is 63.7 Å². The van der Waals surface area contributed by atoms with E-state index in [9.17, 15) is 22.4 Å². The Balaban J connectivity index is 1.31. The van der Waals surface area contributed by atoms with Crippen LogP contribution in [-0.2, 0) is 17.5 Å². The fraction of sp³-hybridized carbons (Fsp3) is 0.500. The topological polar surface area (TPSA) is 32.3 Å². The van der Waals surface area contributed by atoms with Crippen molar-refractivity contribution in [1.29, 1.82) is 0 Å². The maximum atomic E-state index is 13.6. The van der Waals surface area contributed by atoms with E-state index in [-0.39, 0.29) is 18.0 Å². The van der Waals surface area contributed by atoms with Gasteiger partial charge in [0.05, 0.1) is 5.56 Å². The van der Waals surface area contributed by atoms with Crippen LogP contribution in [0.15, 0.2) is 48.5 Å². The highest BCUT2D eigenvalue weighted by Gasteiger charge is 2.43. The first-order valence-corrected chi connectivity index (χ1v) is 11.6. The van der Waals surface area contributed by atoms with E-state index in [1.165, 1.54) is 5.56 Å². The Morgan fingerprint density at radius 2 is 1.79 bits per heavy atom. The lowest BCUT2D eigenvalue weighted by Gasteiger charge is -2.37. The van der Waals surface area contributed by atoms with Gasteiger partial charge in [0.15, 0.2) is 0 Å². The van der Waals surface area contributed by atoms with Gasteiger partial charge in [0.2, 0.25) is 5.91 Å². The molecule has 178 valence electrons. The summed E-state index contributed by atoms with van der Waals surface area (Å²) < 4.78 is 52.4. The number of piperidine rings is 1. The van der Waals surface area contributed by atoms with Crippen molar-refractivity contribution in [3.05, 3.63) is 71.0 Å². The molecule has 1 saturated carbocycles. The smallest absolute Gasteiger partial charge is 0.352 e. The predicted octanol–water partition coefficient (Wildman–Crippen LogP) is 5.90. The molecule has 2 aromatic carbocycles. The third-order valence-corrected chi connectivity index (χ3v) is 7.32. The van der Waals surface area contributed by atoms with E-state index in [4.69, 9.17) is 0 Å². The summed E-state index contributed by atoms with van der Waals surface area (Å²) in [4.78, 5) is 15.4. The number of benzene rings is 2. The number of carbonyl (C=O) groups is 1. The molecule has 1 N–H and O–H groups in total. The number of alkyl halides is 3. The number of amides is 1. The van der Waals surface area contributed by atoms with E-state index >= 15 is 0 Å². The molecule has 0 radical (unpaired) electrons. The molecule has 2 atom stereocenters. The van der Waals surface area contributed by atoms with Gasteiger partial charge in [-0.25, -0.2) is 4.39 Å². The minimum absolute atomic E-state index is 0.108. The Morgan fingerprint density at radius 1 is 1.09 bits per heavy atom. The highest BCUT2D eigenvalue weighted by atomic mass is 19.4. The number of nitrogens with one attached hydrogen (secondary N) is 1. The Bertz CT molecular complexity index is 970. The van der Waals surface area contributed by atoms with Crippen LogP contribution in [0.1, 0.15) is 61.6 Å². The zero-order chi connectivity index (χ0) is 23.6. The van der Waals surface area contributed by atoms with Crippen LogP contribution in [-0.4, -0.2) is 29.9 Å². The van der Waals surface area contributed by atoms with E-state index < -0.39 is 23.0 Å². The zero-order valence-corrected chi connectivity index (χ0v) is 18.8. The van der Waals surface area contributed by atoms with Gasteiger partial charge in [-0.05, 0) is 80.4 Å². The lowest BCUT2D eigenvalue weighted by Crippen LogP contribution is -2.42. The maximum absolute atomic E-state index is 13.6. The molecule has 1 heterocycles. The van der Waals surface area contributed by atoms with Crippen molar-refractivity contribution in [3.63, 3.8) is 0 Å². The molecular weight excluding hydrogens is 432 g/mol. The van der Waals surface area contributed by atoms with Gasteiger partial charge in [-0.2, -0.15) is 13.2 Å².